The molecule has 0 radical (unpaired) electrons. The zero-order valence-corrected chi connectivity index (χ0v) is 18.6. The van der Waals surface area contributed by atoms with E-state index in [9.17, 15) is 4.79 Å². The van der Waals surface area contributed by atoms with Gasteiger partial charge in [0.05, 0.1) is 22.2 Å². The lowest BCUT2D eigenvalue weighted by atomic mass is 9.96. The lowest BCUT2D eigenvalue weighted by Gasteiger charge is -2.10. The lowest BCUT2D eigenvalue weighted by molar-refractivity contribution is -0.116. The number of fused-ring (bicyclic) bond motifs is 5. The van der Waals surface area contributed by atoms with Crippen LogP contribution in [0.3, 0.4) is 0 Å². The summed E-state index contributed by atoms with van der Waals surface area (Å²) in [4.78, 5) is 22.2. The molecular formula is C25H25N5O2. The summed E-state index contributed by atoms with van der Waals surface area (Å²) >= 11 is 0. The molecule has 2 aromatic carbocycles. The summed E-state index contributed by atoms with van der Waals surface area (Å²) < 4.78 is 7.45. The number of nitrogens with zero attached hydrogens (tertiary/aromatic N) is 4. The van der Waals surface area contributed by atoms with Crippen molar-refractivity contribution in [3.63, 3.8) is 0 Å². The van der Waals surface area contributed by atoms with E-state index in [1.807, 2.05) is 76.2 Å². The summed E-state index contributed by atoms with van der Waals surface area (Å²) in [7, 11) is 0. The second kappa shape index (κ2) is 7.44. The molecule has 0 spiro atoms. The SMILES string of the molecule is Cc1nc2ccccc2c2c(NC(=O)CCc3nc(C(C)(C)C)no3)c3ccccc3n12. The van der Waals surface area contributed by atoms with E-state index in [0.717, 1.165) is 38.8 Å². The summed E-state index contributed by atoms with van der Waals surface area (Å²) in [6, 6.07) is 16.1. The largest absolute Gasteiger partial charge is 0.339 e. The van der Waals surface area contributed by atoms with Gasteiger partial charge in [0, 0.05) is 29.0 Å². The van der Waals surface area contributed by atoms with Crippen LogP contribution >= 0.6 is 0 Å². The minimum atomic E-state index is -0.193. The fourth-order valence-corrected chi connectivity index (χ4v) is 4.04. The molecule has 0 aliphatic carbocycles. The van der Waals surface area contributed by atoms with Gasteiger partial charge in [-0.2, -0.15) is 4.98 Å². The lowest BCUT2D eigenvalue weighted by Crippen LogP contribution is -2.14. The topological polar surface area (TPSA) is 85.3 Å². The predicted molar refractivity (Wildman–Crippen MR) is 125 cm³/mol. The zero-order valence-electron chi connectivity index (χ0n) is 18.6. The molecule has 3 heterocycles. The van der Waals surface area contributed by atoms with Gasteiger partial charge in [-0.25, -0.2) is 4.98 Å². The third-order valence-corrected chi connectivity index (χ3v) is 5.61. The number of aromatic nitrogens is 4. The Balaban J connectivity index is 1.52. The molecule has 0 unspecified atom stereocenters. The monoisotopic (exact) mass is 427 g/mol. The van der Waals surface area contributed by atoms with Crippen molar-refractivity contribution in [1.29, 1.82) is 0 Å². The Hall–Kier alpha value is -3.74. The Kier molecular flexibility index (Phi) is 4.69. The molecule has 0 aliphatic heterocycles. The number of carbonyl (C=O) groups excluding carboxylic acids is 1. The highest BCUT2D eigenvalue weighted by Gasteiger charge is 2.22. The fraction of sp³-hybridized carbons (Fsp3) is 0.280. The van der Waals surface area contributed by atoms with Crippen molar-refractivity contribution in [1.82, 2.24) is 19.5 Å². The first kappa shape index (κ1) is 20.2. The summed E-state index contributed by atoms with van der Waals surface area (Å²) in [6.45, 7) is 8.07. The van der Waals surface area contributed by atoms with Crippen LogP contribution in [-0.4, -0.2) is 25.4 Å². The molecule has 1 N–H and O–H groups in total. The Labute approximate surface area is 185 Å². The van der Waals surface area contributed by atoms with Crippen molar-refractivity contribution in [3.05, 3.63) is 66.1 Å². The third kappa shape index (κ3) is 3.39. The van der Waals surface area contributed by atoms with E-state index in [0.29, 0.717) is 18.1 Å². The first-order valence-electron chi connectivity index (χ1n) is 10.7. The fourth-order valence-electron chi connectivity index (χ4n) is 4.04. The molecule has 7 nitrogen and oxygen atoms in total. The van der Waals surface area contributed by atoms with Crippen molar-refractivity contribution >= 4 is 38.9 Å². The minimum Gasteiger partial charge on any atom is -0.339 e. The Morgan fingerprint density at radius 1 is 1.03 bits per heavy atom. The molecular weight excluding hydrogens is 402 g/mol. The number of rotatable bonds is 4. The Morgan fingerprint density at radius 3 is 2.50 bits per heavy atom. The second-order valence-corrected chi connectivity index (χ2v) is 9.06. The van der Waals surface area contributed by atoms with Gasteiger partial charge in [0.25, 0.3) is 0 Å². The number of para-hydroxylation sites is 2. The highest BCUT2D eigenvalue weighted by Crippen LogP contribution is 2.36. The van der Waals surface area contributed by atoms with Crippen LogP contribution in [-0.2, 0) is 16.6 Å². The Morgan fingerprint density at radius 2 is 1.75 bits per heavy atom. The van der Waals surface area contributed by atoms with E-state index in [2.05, 4.69) is 19.9 Å². The van der Waals surface area contributed by atoms with Crippen molar-refractivity contribution in [2.75, 3.05) is 5.32 Å². The van der Waals surface area contributed by atoms with E-state index in [-0.39, 0.29) is 17.7 Å². The molecule has 0 saturated heterocycles. The number of hydrogen-bond acceptors (Lipinski definition) is 5. The van der Waals surface area contributed by atoms with Crippen molar-refractivity contribution in [3.8, 4) is 0 Å². The van der Waals surface area contributed by atoms with Crippen LogP contribution in [0, 0.1) is 6.92 Å². The number of hydrogen-bond donors (Lipinski definition) is 1. The molecule has 0 fully saturated rings. The molecule has 32 heavy (non-hydrogen) atoms. The Bertz CT molecular complexity index is 1470. The van der Waals surface area contributed by atoms with Crippen LogP contribution in [0.2, 0.25) is 0 Å². The highest BCUT2D eigenvalue weighted by molar-refractivity contribution is 6.16. The summed E-state index contributed by atoms with van der Waals surface area (Å²) in [6.07, 6.45) is 0.638. The second-order valence-electron chi connectivity index (χ2n) is 9.06. The molecule has 5 rings (SSSR count). The third-order valence-electron chi connectivity index (χ3n) is 5.61. The summed E-state index contributed by atoms with van der Waals surface area (Å²) in [5, 5.41) is 9.17. The van der Waals surface area contributed by atoms with Crippen LogP contribution in [0.5, 0.6) is 0 Å². The van der Waals surface area contributed by atoms with Gasteiger partial charge in [0.2, 0.25) is 11.8 Å². The minimum absolute atomic E-state index is 0.0997. The molecule has 0 atom stereocenters. The van der Waals surface area contributed by atoms with Crippen LogP contribution in [0.25, 0.3) is 27.3 Å². The molecule has 5 aromatic rings. The summed E-state index contributed by atoms with van der Waals surface area (Å²) in [5.74, 6) is 1.89. The molecule has 162 valence electrons. The summed E-state index contributed by atoms with van der Waals surface area (Å²) in [5.41, 5.74) is 3.47. The number of aryl methyl sites for hydroxylation is 2. The maximum absolute atomic E-state index is 13.0. The van der Waals surface area contributed by atoms with Gasteiger partial charge in [-0.1, -0.05) is 62.3 Å². The van der Waals surface area contributed by atoms with Crippen LogP contribution in [0.15, 0.2) is 53.1 Å². The van der Waals surface area contributed by atoms with Gasteiger partial charge in [0.1, 0.15) is 5.82 Å². The van der Waals surface area contributed by atoms with E-state index in [1.54, 1.807) is 0 Å². The molecule has 3 aromatic heterocycles. The van der Waals surface area contributed by atoms with Crippen LogP contribution in [0.1, 0.15) is 44.7 Å². The van der Waals surface area contributed by atoms with Crippen LogP contribution in [0.4, 0.5) is 5.69 Å². The highest BCUT2D eigenvalue weighted by atomic mass is 16.5. The first-order valence-corrected chi connectivity index (χ1v) is 10.7. The van der Waals surface area contributed by atoms with Gasteiger partial charge < -0.3 is 9.84 Å². The average Bonchev–Trinajstić information content (AvgIpc) is 3.37. The maximum atomic E-state index is 13.0. The van der Waals surface area contributed by atoms with Gasteiger partial charge >= 0.3 is 0 Å². The van der Waals surface area contributed by atoms with E-state index >= 15 is 0 Å². The zero-order chi connectivity index (χ0) is 22.5. The normalized spacial score (nSPS) is 12.1. The number of nitrogens with one attached hydrogen (secondary N) is 1. The number of carbonyl (C=O) groups is 1. The van der Waals surface area contributed by atoms with Gasteiger partial charge in [-0.05, 0) is 19.1 Å². The van der Waals surface area contributed by atoms with Crippen molar-refractivity contribution in [2.24, 2.45) is 0 Å². The first-order chi connectivity index (χ1) is 15.3. The number of anilines is 1. The van der Waals surface area contributed by atoms with Crippen LogP contribution < -0.4 is 5.32 Å². The number of amides is 1. The maximum Gasteiger partial charge on any atom is 0.227 e. The molecule has 1 amide bonds. The average molecular weight is 428 g/mol. The van der Waals surface area contributed by atoms with Gasteiger partial charge in [-0.3, -0.25) is 9.20 Å². The van der Waals surface area contributed by atoms with Gasteiger partial charge in [-0.15, -0.1) is 0 Å². The molecule has 0 bridgehead atoms. The van der Waals surface area contributed by atoms with Crippen molar-refractivity contribution in [2.45, 2.75) is 46.0 Å². The molecule has 0 saturated carbocycles. The molecule has 0 aliphatic rings. The van der Waals surface area contributed by atoms with E-state index < -0.39 is 0 Å². The smallest absolute Gasteiger partial charge is 0.227 e. The van der Waals surface area contributed by atoms with E-state index in [4.69, 9.17) is 9.51 Å². The standard InChI is InChI=1S/C25H25N5O2/c1-15-26-18-11-7-5-9-16(18)23-22(17-10-6-8-12-19(17)30(15)23)27-20(31)13-14-21-28-24(29-32-21)25(2,3)4/h5-12H,13-14H2,1-4H3,(H,27,31). The molecule has 7 heteroatoms. The quantitative estimate of drug-likeness (QED) is 0.426. The van der Waals surface area contributed by atoms with E-state index in [1.165, 1.54) is 0 Å². The predicted octanol–water partition coefficient (Wildman–Crippen LogP) is 5.20. The van der Waals surface area contributed by atoms with Crippen molar-refractivity contribution < 1.29 is 9.32 Å². The van der Waals surface area contributed by atoms with Gasteiger partial charge in [0.15, 0.2) is 5.82 Å². The number of benzene rings is 2.